The van der Waals surface area contributed by atoms with Gasteiger partial charge >= 0.3 is 0 Å². The number of aliphatic hydroxyl groups is 1. The van der Waals surface area contributed by atoms with E-state index in [9.17, 15) is 18.3 Å². The van der Waals surface area contributed by atoms with Gasteiger partial charge in [-0.1, -0.05) is 67.4 Å². The first-order valence-corrected chi connectivity index (χ1v) is 15.3. The number of likely N-dealkylation sites (tertiary alicyclic amines) is 1. The van der Waals surface area contributed by atoms with Crippen LogP contribution in [0.15, 0.2) is 72.8 Å². The van der Waals surface area contributed by atoms with Crippen molar-refractivity contribution in [2.75, 3.05) is 30.3 Å². The summed E-state index contributed by atoms with van der Waals surface area (Å²) in [6.07, 6.45) is 1.18. The number of carbonyl (C=O) groups excluding carboxylic acids is 1. The Bertz CT molecular complexity index is 1350. The van der Waals surface area contributed by atoms with Crippen LogP contribution in [0.5, 0.6) is 0 Å². The molecule has 1 fully saturated rings. The van der Waals surface area contributed by atoms with Crippen LogP contribution in [0, 0.1) is 5.92 Å². The summed E-state index contributed by atoms with van der Waals surface area (Å²) >= 11 is 12.3. The molecule has 0 unspecified atom stereocenters. The molecular weight excluding hydrogens is 557 g/mol. The van der Waals surface area contributed by atoms with Crippen LogP contribution in [-0.4, -0.2) is 62.4 Å². The molecule has 2 N–H and O–H groups in total. The van der Waals surface area contributed by atoms with E-state index in [4.69, 9.17) is 23.2 Å². The quantitative estimate of drug-likeness (QED) is 0.348. The largest absolute Gasteiger partial charge is 0.394 e. The van der Waals surface area contributed by atoms with Gasteiger partial charge in [0.15, 0.2) is 0 Å². The molecule has 0 saturated carbocycles. The molecule has 1 saturated heterocycles. The Labute approximate surface area is 240 Å². The van der Waals surface area contributed by atoms with Crippen LogP contribution in [0.2, 0.25) is 10.0 Å². The molecule has 4 rings (SSSR count). The first-order chi connectivity index (χ1) is 18.5. The van der Waals surface area contributed by atoms with Crippen molar-refractivity contribution >= 4 is 44.8 Å². The van der Waals surface area contributed by atoms with Crippen LogP contribution in [0.1, 0.15) is 41.4 Å². The fourth-order valence-corrected chi connectivity index (χ4v) is 6.31. The number of nitrogens with zero attached hydrogens (tertiary/aromatic N) is 2. The summed E-state index contributed by atoms with van der Waals surface area (Å²) in [4.78, 5) is 15.1. The van der Waals surface area contributed by atoms with E-state index in [-0.39, 0.29) is 30.5 Å². The normalized spacial score (nSPS) is 15.3. The Morgan fingerprint density at radius 1 is 1.00 bits per heavy atom. The molecule has 0 spiro atoms. The second-order valence-electron chi connectivity index (χ2n) is 10.2. The molecule has 1 aliphatic heterocycles. The van der Waals surface area contributed by atoms with Gasteiger partial charge in [0.05, 0.1) is 36.7 Å². The van der Waals surface area contributed by atoms with Gasteiger partial charge < -0.3 is 10.4 Å². The fraction of sp³-hybridized carbons (Fsp3) is 0.345. The van der Waals surface area contributed by atoms with Crippen molar-refractivity contribution in [3.8, 4) is 0 Å². The summed E-state index contributed by atoms with van der Waals surface area (Å²) in [6, 6.07) is 21.0. The highest BCUT2D eigenvalue weighted by molar-refractivity contribution is 7.92. The van der Waals surface area contributed by atoms with E-state index in [2.05, 4.69) is 10.2 Å². The minimum absolute atomic E-state index is 0.0461. The second kappa shape index (κ2) is 12.3. The number of sulfonamides is 1. The Morgan fingerprint density at radius 2 is 1.54 bits per heavy atom. The van der Waals surface area contributed by atoms with Crippen molar-refractivity contribution in [3.63, 3.8) is 0 Å². The van der Waals surface area contributed by atoms with Gasteiger partial charge in [-0.25, -0.2) is 8.42 Å². The molecule has 1 aliphatic rings. The Kier molecular flexibility index (Phi) is 9.24. The number of benzene rings is 3. The zero-order valence-electron chi connectivity index (χ0n) is 22.1. The highest BCUT2D eigenvalue weighted by atomic mass is 35.5. The van der Waals surface area contributed by atoms with Crippen molar-refractivity contribution in [1.82, 2.24) is 10.2 Å². The summed E-state index contributed by atoms with van der Waals surface area (Å²) in [6.45, 7) is 4.61. The minimum Gasteiger partial charge on any atom is -0.394 e. The first-order valence-electron chi connectivity index (χ1n) is 12.7. The molecule has 39 heavy (non-hydrogen) atoms. The zero-order chi connectivity index (χ0) is 28.3. The lowest BCUT2D eigenvalue weighted by Gasteiger charge is -2.48. The molecule has 208 valence electrons. The van der Waals surface area contributed by atoms with Gasteiger partial charge in [0.25, 0.3) is 5.91 Å². The van der Waals surface area contributed by atoms with Gasteiger partial charge in [-0.2, -0.15) is 0 Å². The lowest BCUT2D eigenvalue weighted by molar-refractivity contribution is 0.0896. The van der Waals surface area contributed by atoms with E-state index in [1.807, 2.05) is 62.4 Å². The number of carbonyl (C=O) groups is 1. The zero-order valence-corrected chi connectivity index (χ0v) is 24.4. The number of rotatable bonds is 10. The topological polar surface area (TPSA) is 89.9 Å². The lowest BCUT2D eigenvalue weighted by atomic mass is 9.93. The van der Waals surface area contributed by atoms with Crippen LogP contribution in [0.4, 0.5) is 5.69 Å². The molecule has 10 heteroatoms. The van der Waals surface area contributed by atoms with Gasteiger partial charge in [0, 0.05) is 28.7 Å². The maximum Gasteiger partial charge on any atom is 0.251 e. The molecule has 1 heterocycles. The predicted octanol–water partition coefficient (Wildman–Crippen LogP) is 4.98. The predicted molar refractivity (Wildman–Crippen MR) is 157 cm³/mol. The van der Waals surface area contributed by atoms with Crippen molar-refractivity contribution in [2.24, 2.45) is 5.92 Å². The summed E-state index contributed by atoms with van der Waals surface area (Å²) in [7, 11) is -3.65. The van der Waals surface area contributed by atoms with Crippen LogP contribution >= 0.6 is 23.2 Å². The molecule has 3 aromatic carbocycles. The maximum atomic E-state index is 13.0. The number of hydrogen-bond acceptors (Lipinski definition) is 5. The van der Waals surface area contributed by atoms with E-state index < -0.39 is 16.1 Å². The molecule has 3 aromatic rings. The van der Waals surface area contributed by atoms with Gasteiger partial charge in [-0.3, -0.25) is 14.0 Å². The van der Waals surface area contributed by atoms with Crippen LogP contribution in [0.25, 0.3) is 0 Å². The first kappa shape index (κ1) is 29.4. The smallest absolute Gasteiger partial charge is 0.251 e. The third-order valence-electron chi connectivity index (χ3n) is 7.00. The number of anilines is 1. The fourth-order valence-electron chi connectivity index (χ4n) is 4.88. The number of halogens is 2. The molecule has 1 atom stereocenters. The number of hydrogen-bond donors (Lipinski definition) is 2. The standard InChI is InChI=1S/C29H33Cl2N3O4S/c1-19(2)27(18-35)32-29(36)22-5-4-6-25(15-22)34(39(3,37)38)26-16-33(17-26)28(20-7-11-23(30)12-8-20)21-9-13-24(31)14-10-21/h4-15,19,26-28,35H,16-18H2,1-3H3,(H,32,36)/t27-/m1/s1. The Balaban J connectivity index is 1.59. The highest BCUT2D eigenvalue weighted by Gasteiger charge is 2.40. The SMILES string of the molecule is CC(C)[C@@H](CO)NC(=O)c1cccc(N(C2CN(C(c3ccc(Cl)cc3)c3ccc(Cl)cc3)C2)S(C)(=O)=O)c1. The summed E-state index contributed by atoms with van der Waals surface area (Å²) in [5.41, 5.74) is 2.83. The lowest BCUT2D eigenvalue weighted by Crippen LogP contribution is -2.61. The number of nitrogens with one attached hydrogen (secondary N) is 1. The van der Waals surface area contributed by atoms with Crippen molar-refractivity contribution in [1.29, 1.82) is 0 Å². The molecule has 0 aromatic heterocycles. The third-order valence-corrected chi connectivity index (χ3v) is 8.72. The molecule has 7 nitrogen and oxygen atoms in total. The molecular formula is C29H33Cl2N3O4S. The average Bonchev–Trinajstić information content (AvgIpc) is 2.86. The van der Waals surface area contributed by atoms with Crippen molar-refractivity contribution in [2.45, 2.75) is 32.0 Å². The molecule has 0 radical (unpaired) electrons. The summed E-state index contributed by atoms with van der Waals surface area (Å²) in [5.74, 6) is -0.316. The van der Waals surface area contributed by atoms with Crippen LogP contribution in [-0.2, 0) is 10.0 Å². The number of aliphatic hydroxyl groups excluding tert-OH is 1. The van der Waals surface area contributed by atoms with Gasteiger partial charge in [-0.15, -0.1) is 0 Å². The van der Waals surface area contributed by atoms with Gasteiger partial charge in [0.2, 0.25) is 10.0 Å². The maximum absolute atomic E-state index is 13.0. The Morgan fingerprint density at radius 3 is 2.00 bits per heavy atom. The second-order valence-corrected chi connectivity index (χ2v) is 13.0. The van der Waals surface area contributed by atoms with E-state index in [1.165, 1.54) is 10.6 Å². The third kappa shape index (κ3) is 6.94. The molecule has 1 amide bonds. The van der Waals surface area contributed by atoms with Crippen LogP contribution in [0.3, 0.4) is 0 Å². The van der Waals surface area contributed by atoms with E-state index in [1.54, 1.807) is 24.3 Å². The minimum atomic E-state index is -3.65. The van der Waals surface area contributed by atoms with E-state index >= 15 is 0 Å². The molecule has 0 bridgehead atoms. The van der Waals surface area contributed by atoms with Crippen molar-refractivity contribution in [3.05, 3.63) is 99.5 Å². The van der Waals surface area contributed by atoms with E-state index in [0.717, 1.165) is 11.1 Å². The van der Waals surface area contributed by atoms with Crippen LogP contribution < -0.4 is 9.62 Å². The van der Waals surface area contributed by atoms with Gasteiger partial charge in [0.1, 0.15) is 0 Å². The Hall–Kier alpha value is -2.62. The molecule has 0 aliphatic carbocycles. The van der Waals surface area contributed by atoms with Crippen molar-refractivity contribution < 1.29 is 18.3 Å². The highest BCUT2D eigenvalue weighted by Crippen LogP contribution is 2.36. The average molecular weight is 591 g/mol. The van der Waals surface area contributed by atoms with Gasteiger partial charge in [-0.05, 0) is 59.5 Å². The van der Waals surface area contributed by atoms with E-state index in [0.29, 0.717) is 34.4 Å². The monoisotopic (exact) mass is 589 g/mol. The number of amides is 1. The summed E-state index contributed by atoms with van der Waals surface area (Å²) in [5, 5.41) is 13.7. The summed E-state index contributed by atoms with van der Waals surface area (Å²) < 4.78 is 27.4.